The van der Waals surface area contributed by atoms with Crippen LogP contribution in [0.1, 0.15) is 12.8 Å². The predicted molar refractivity (Wildman–Crippen MR) is 55.3 cm³/mol. The van der Waals surface area contributed by atoms with Gasteiger partial charge >= 0.3 is 30.9 Å². The molecule has 0 saturated heterocycles. The van der Waals surface area contributed by atoms with Gasteiger partial charge in [-0.3, -0.25) is 0 Å². The average molecular weight is 460 g/mol. The average Bonchev–Trinajstić information content (AvgIpc) is 2.27. The van der Waals surface area contributed by atoms with Gasteiger partial charge in [-0.2, -0.15) is 65.9 Å². The minimum absolute atomic E-state index is 2.54. The predicted octanol–water partition coefficient (Wildman–Crippen LogP) is 6.92. The fraction of sp³-hybridized carbons (Fsp3) is 0.818. The number of rotatable bonds is 4. The third-order valence-electron chi connectivity index (χ3n) is 2.95. The second-order valence-corrected chi connectivity index (χ2v) is 5.28. The normalized spacial score (nSPS) is 19.0. The molecule has 0 nitrogen and oxygen atoms in total. The number of allylic oxidation sites excluding steroid dienone is 2. The molecule has 0 aromatic heterocycles. The molecule has 0 spiro atoms. The van der Waals surface area contributed by atoms with Crippen molar-refractivity contribution >= 4 is 0 Å². The van der Waals surface area contributed by atoms with E-state index in [0.29, 0.717) is 0 Å². The molecule has 0 aliphatic heterocycles. The fourth-order valence-corrected chi connectivity index (χ4v) is 1.96. The van der Waals surface area contributed by atoms with Crippen molar-refractivity contribution in [2.75, 3.05) is 0 Å². The summed E-state index contributed by atoms with van der Waals surface area (Å²) in [4.78, 5) is 0. The molecular formula is C11H5F17. The third-order valence-corrected chi connectivity index (χ3v) is 2.95. The van der Waals surface area contributed by atoms with Crippen molar-refractivity contribution in [1.82, 2.24) is 0 Å². The summed E-state index contributed by atoms with van der Waals surface area (Å²) in [5, 5.41) is 0. The molecule has 0 aliphatic carbocycles. The monoisotopic (exact) mass is 460 g/mol. The van der Waals surface area contributed by atoms with Gasteiger partial charge in [0.05, 0.1) is 12.8 Å². The van der Waals surface area contributed by atoms with Crippen molar-refractivity contribution < 1.29 is 74.6 Å². The van der Waals surface area contributed by atoms with Crippen molar-refractivity contribution in [2.45, 2.75) is 55.1 Å². The lowest BCUT2D eigenvalue weighted by atomic mass is 9.77. The SMILES string of the molecule is FC(F)(F)C=C(C(F)(CC(F)(F)F)C(F)(F)F)C(F)(CC(F)(F)F)C(F)(F)F. The van der Waals surface area contributed by atoms with E-state index in [9.17, 15) is 74.6 Å². The van der Waals surface area contributed by atoms with Gasteiger partial charge in [0.25, 0.3) is 0 Å². The Labute approximate surface area is 143 Å². The zero-order valence-corrected chi connectivity index (χ0v) is 12.4. The van der Waals surface area contributed by atoms with Crippen LogP contribution >= 0.6 is 0 Å². The van der Waals surface area contributed by atoms with Gasteiger partial charge in [-0.25, -0.2) is 8.78 Å². The highest BCUT2D eigenvalue weighted by atomic mass is 19.4. The van der Waals surface area contributed by atoms with E-state index in [1.807, 2.05) is 0 Å². The lowest BCUT2D eigenvalue weighted by Crippen LogP contribution is -2.58. The summed E-state index contributed by atoms with van der Waals surface area (Å²) >= 11 is 0. The smallest absolute Gasteiger partial charge is 0.228 e. The minimum Gasteiger partial charge on any atom is -0.228 e. The maximum absolute atomic E-state index is 14.1. The number of halogens is 17. The molecule has 17 heteroatoms. The zero-order valence-electron chi connectivity index (χ0n) is 12.4. The maximum Gasteiger partial charge on any atom is 0.426 e. The highest BCUT2D eigenvalue weighted by Crippen LogP contribution is 2.57. The molecule has 28 heavy (non-hydrogen) atoms. The van der Waals surface area contributed by atoms with Crippen LogP contribution in [0.25, 0.3) is 0 Å². The molecule has 0 aliphatic rings. The van der Waals surface area contributed by atoms with Gasteiger partial charge < -0.3 is 0 Å². The first-order chi connectivity index (χ1) is 11.8. The van der Waals surface area contributed by atoms with Crippen molar-refractivity contribution in [1.29, 1.82) is 0 Å². The summed E-state index contributed by atoms with van der Waals surface area (Å²) in [5.74, 6) is 0. The van der Waals surface area contributed by atoms with Crippen LogP contribution < -0.4 is 0 Å². The van der Waals surface area contributed by atoms with Crippen molar-refractivity contribution in [3.05, 3.63) is 11.6 Å². The van der Waals surface area contributed by atoms with Crippen LogP contribution in [0.4, 0.5) is 74.6 Å². The Bertz CT molecular complexity index is 524. The van der Waals surface area contributed by atoms with Crippen LogP contribution in [-0.2, 0) is 0 Å². The van der Waals surface area contributed by atoms with Gasteiger partial charge in [0.1, 0.15) is 0 Å². The van der Waals surface area contributed by atoms with Gasteiger partial charge in [-0.1, -0.05) is 0 Å². The molecule has 0 aromatic carbocycles. The van der Waals surface area contributed by atoms with Crippen LogP contribution in [0.3, 0.4) is 0 Å². The Kier molecular flexibility index (Phi) is 6.74. The second-order valence-electron chi connectivity index (χ2n) is 5.28. The molecule has 0 fully saturated rings. The summed E-state index contributed by atoms with van der Waals surface area (Å²) in [6.07, 6.45) is -45.1. The second kappa shape index (κ2) is 7.11. The standard InChI is InChI=1S/C11H5F17/c12-5(10(23,24)25,2-8(17,18)19)4(1-7(14,15)16)6(13,11(26,27)28)3-9(20,21)22/h1H,2-3H2. The summed E-state index contributed by atoms with van der Waals surface area (Å²) in [7, 11) is 0. The first-order valence-corrected chi connectivity index (χ1v) is 6.20. The Morgan fingerprint density at radius 2 is 0.714 bits per heavy atom. The molecule has 0 aromatic rings. The van der Waals surface area contributed by atoms with Gasteiger partial charge in [-0.05, 0) is 0 Å². The first-order valence-electron chi connectivity index (χ1n) is 6.20. The van der Waals surface area contributed by atoms with E-state index in [-0.39, 0.29) is 0 Å². The Balaban J connectivity index is 7.21. The lowest BCUT2D eigenvalue weighted by Gasteiger charge is -2.39. The number of hydrogen-bond donors (Lipinski definition) is 0. The van der Waals surface area contributed by atoms with Crippen LogP contribution in [0, 0.1) is 0 Å². The van der Waals surface area contributed by atoms with E-state index < -0.39 is 66.7 Å². The minimum atomic E-state index is -7.31. The third kappa shape index (κ3) is 6.56. The number of hydrogen-bond acceptors (Lipinski definition) is 0. The molecule has 0 heterocycles. The van der Waals surface area contributed by atoms with E-state index in [1.54, 1.807) is 0 Å². The summed E-state index contributed by atoms with van der Waals surface area (Å²) in [6.45, 7) is 0. The van der Waals surface area contributed by atoms with Crippen LogP contribution in [0.5, 0.6) is 0 Å². The van der Waals surface area contributed by atoms with Crippen LogP contribution in [0.15, 0.2) is 11.6 Å². The topological polar surface area (TPSA) is 0 Å². The molecule has 0 bridgehead atoms. The Morgan fingerprint density at radius 1 is 0.464 bits per heavy atom. The molecule has 0 N–H and O–H groups in total. The molecule has 2 atom stereocenters. The van der Waals surface area contributed by atoms with E-state index in [0.717, 1.165) is 0 Å². The van der Waals surface area contributed by atoms with E-state index in [2.05, 4.69) is 0 Å². The fourth-order valence-electron chi connectivity index (χ4n) is 1.96. The molecule has 0 saturated carbocycles. The van der Waals surface area contributed by atoms with Gasteiger partial charge in [0.2, 0.25) is 11.3 Å². The first kappa shape index (κ1) is 26.6. The maximum atomic E-state index is 14.1. The molecular weight excluding hydrogens is 455 g/mol. The van der Waals surface area contributed by atoms with Gasteiger partial charge in [0, 0.05) is 11.6 Å². The van der Waals surface area contributed by atoms with E-state index >= 15 is 0 Å². The molecule has 0 radical (unpaired) electrons. The van der Waals surface area contributed by atoms with Crippen LogP contribution in [0.2, 0.25) is 0 Å². The lowest BCUT2D eigenvalue weighted by molar-refractivity contribution is -0.288. The van der Waals surface area contributed by atoms with Gasteiger partial charge in [-0.15, -0.1) is 0 Å². The Morgan fingerprint density at radius 3 is 0.857 bits per heavy atom. The van der Waals surface area contributed by atoms with Gasteiger partial charge in [0.15, 0.2) is 0 Å². The van der Waals surface area contributed by atoms with Crippen LogP contribution in [-0.4, -0.2) is 42.2 Å². The summed E-state index contributed by atoms with van der Waals surface area (Å²) in [5.41, 5.74) is -18.1. The molecule has 168 valence electrons. The summed E-state index contributed by atoms with van der Waals surface area (Å²) < 4.78 is 215. The van der Waals surface area contributed by atoms with E-state index in [4.69, 9.17) is 0 Å². The number of alkyl halides is 17. The highest BCUT2D eigenvalue weighted by Gasteiger charge is 2.74. The highest BCUT2D eigenvalue weighted by molar-refractivity contribution is 5.34. The molecule has 0 rings (SSSR count). The zero-order chi connectivity index (χ0) is 23.2. The van der Waals surface area contributed by atoms with Crippen molar-refractivity contribution in [3.8, 4) is 0 Å². The summed E-state index contributed by atoms with van der Waals surface area (Å²) in [6, 6.07) is 0. The quantitative estimate of drug-likeness (QED) is 0.316. The van der Waals surface area contributed by atoms with Crippen molar-refractivity contribution in [2.24, 2.45) is 0 Å². The largest absolute Gasteiger partial charge is 0.426 e. The molecule has 0 amide bonds. The Hall–Kier alpha value is -1.45. The van der Waals surface area contributed by atoms with E-state index in [1.165, 1.54) is 0 Å². The molecule has 2 unspecified atom stereocenters. The van der Waals surface area contributed by atoms with Crippen molar-refractivity contribution in [3.63, 3.8) is 0 Å².